The van der Waals surface area contributed by atoms with E-state index >= 15 is 0 Å². The van der Waals surface area contributed by atoms with Crippen LogP contribution in [0.5, 0.6) is 0 Å². The Morgan fingerprint density at radius 2 is 2.26 bits per heavy atom. The maximum atomic E-state index is 4.67. The van der Waals surface area contributed by atoms with Crippen molar-refractivity contribution in [2.24, 2.45) is 0 Å². The first-order valence-electron chi connectivity index (χ1n) is 6.91. The molecule has 0 aliphatic carbocycles. The Morgan fingerprint density at radius 3 is 3.00 bits per heavy atom. The van der Waals surface area contributed by atoms with Crippen LogP contribution in [0.25, 0.3) is 11.0 Å². The second kappa shape index (κ2) is 4.68. The first-order chi connectivity index (χ1) is 9.24. The Morgan fingerprint density at radius 1 is 1.42 bits per heavy atom. The lowest BCUT2D eigenvalue weighted by atomic mass is 10.1. The van der Waals surface area contributed by atoms with Gasteiger partial charge in [-0.1, -0.05) is 6.92 Å². The highest BCUT2D eigenvalue weighted by Crippen LogP contribution is 2.34. The molecule has 0 amide bonds. The average molecular weight is 260 g/mol. The van der Waals surface area contributed by atoms with Gasteiger partial charge in [-0.3, -0.25) is 5.10 Å². The second-order valence-electron chi connectivity index (χ2n) is 5.15. The van der Waals surface area contributed by atoms with Gasteiger partial charge < -0.3 is 10.2 Å². The number of aromatic nitrogens is 4. The molecule has 3 heterocycles. The van der Waals surface area contributed by atoms with Crippen LogP contribution < -0.4 is 10.2 Å². The van der Waals surface area contributed by atoms with Crippen molar-refractivity contribution in [3.8, 4) is 0 Å². The van der Waals surface area contributed by atoms with Crippen molar-refractivity contribution >= 4 is 22.8 Å². The standard InChI is InChI=1S/C13H20N6/c1-4-9-6-5-8(2)19(9)12-10-7-15-18-11(10)16-13(14-3)17-12/h7-9H,4-6H2,1-3H3,(H2,14,15,16,17,18). The molecule has 2 atom stereocenters. The summed E-state index contributed by atoms with van der Waals surface area (Å²) in [5.74, 6) is 1.64. The van der Waals surface area contributed by atoms with Crippen molar-refractivity contribution in [1.29, 1.82) is 0 Å². The Kier molecular flexibility index (Phi) is 3.00. The van der Waals surface area contributed by atoms with E-state index in [2.05, 4.69) is 44.2 Å². The SMILES string of the molecule is CCC1CCC(C)N1c1nc(NC)nc2[nH]ncc12. The number of hydrogen-bond acceptors (Lipinski definition) is 5. The molecule has 2 aromatic heterocycles. The molecule has 2 aromatic rings. The van der Waals surface area contributed by atoms with Gasteiger partial charge in [-0.05, 0) is 26.2 Å². The lowest BCUT2D eigenvalue weighted by Crippen LogP contribution is -2.35. The summed E-state index contributed by atoms with van der Waals surface area (Å²) in [4.78, 5) is 11.5. The van der Waals surface area contributed by atoms with Gasteiger partial charge in [0.2, 0.25) is 5.95 Å². The first-order valence-corrected chi connectivity index (χ1v) is 6.91. The Hall–Kier alpha value is -1.85. The van der Waals surface area contributed by atoms with Gasteiger partial charge in [0.25, 0.3) is 0 Å². The quantitative estimate of drug-likeness (QED) is 0.885. The maximum Gasteiger partial charge on any atom is 0.226 e. The maximum absolute atomic E-state index is 4.67. The second-order valence-corrected chi connectivity index (χ2v) is 5.15. The zero-order valence-electron chi connectivity index (χ0n) is 11.6. The third-order valence-electron chi connectivity index (χ3n) is 4.01. The van der Waals surface area contributed by atoms with Gasteiger partial charge in [-0.2, -0.15) is 15.1 Å². The molecule has 2 N–H and O–H groups in total. The number of hydrogen-bond donors (Lipinski definition) is 2. The van der Waals surface area contributed by atoms with Crippen LogP contribution in [0.15, 0.2) is 6.20 Å². The molecule has 1 saturated heterocycles. The summed E-state index contributed by atoms with van der Waals surface area (Å²) in [7, 11) is 1.84. The number of nitrogens with one attached hydrogen (secondary N) is 2. The minimum Gasteiger partial charge on any atom is -0.357 e. The molecule has 0 spiro atoms. The molecule has 102 valence electrons. The molecule has 0 bridgehead atoms. The molecule has 6 nitrogen and oxygen atoms in total. The summed E-state index contributed by atoms with van der Waals surface area (Å²) in [6.45, 7) is 4.51. The van der Waals surface area contributed by atoms with Gasteiger partial charge in [0.1, 0.15) is 5.82 Å². The van der Waals surface area contributed by atoms with E-state index in [4.69, 9.17) is 0 Å². The lowest BCUT2D eigenvalue weighted by Gasteiger charge is -2.29. The van der Waals surface area contributed by atoms with Crippen LogP contribution in [0.2, 0.25) is 0 Å². The zero-order valence-corrected chi connectivity index (χ0v) is 11.6. The van der Waals surface area contributed by atoms with Gasteiger partial charge in [0, 0.05) is 19.1 Å². The Bertz CT molecular complexity index is 578. The fourth-order valence-electron chi connectivity index (χ4n) is 2.98. The van der Waals surface area contributed by atoms with E-state index in [0.29, 0.717) is 18.0 Å². The van der Waals surface area contributed by atoms with Crippen molar-refractivity contribution in [2.75, 3.05) is 17.3 Å². The summed E-state index contributed by atoms with van der Waals surface area (Å²) in [5.41, 5.74) is 0.795. The molecular formula is C13H20N6. The molecular weight excluding hydrogens is 240 g/mol. The minimum atomic E-state index is 0.516. The fraction of sp³-hybridized carbons (Fsp3) is 0.615. The molecule has 19 heavy (non-hydrogen) atoms. The summed E-state index contributed by atoms with van der Waals surface area (Å²) in [6, 6.07) is 1.08. The van der Waals surface area contributed by atoms with Gasteiger partial charge in [0.15, 0.2) is 5.65 Å². The van der Waals surface area contributed by atoms with Crippen molar-refractivity contribution in [3.05, 3.63) is 6.20 Å². The van der Waals surface area contributed by atoms with E-state index in [9.17, 15) is 0 Å². The van der Waals surface area contributed by atoms with Gasteiger partial charge in [-0.25, -0.2) is 0 Å². The molecule has 2 unspecified atom stereocenters. The summed E-state index contributed by atoms with van der Waals surface area (Å²) >= 11 is 0. The Labute approximate surface area is 112 Å². The summed E-state index contributed by atoms with van der Waals surface area (Å²) < 4.78 is 0. The molecule has 1 aliphatic rings. The monoisotopic (exact) mass is 260 g/mol. The average Bonchev–Trinajstić information content (AvgIpc) is 3.03. The van der Waals surface area contributed by atoms with Crippen LogP contribution in [-0.4, -0.2) is 39.3 Å². The molecule has 0 radical (unpaired) electrons. The van der Waals surface area contributed by atoms with E-state index in [1.54, 1.807) is 0 Å². The summed E-state index contributed by atoms with van der Waals surface area (Å²) in [6.07, 6.45) is 5.41. The molecule has 6 heteroatoms. The van der Waals surface area contributed by atoms with Crippen LogP contribution in [0.4, 0.5) is 11.8 Å². The van der Waals surface area contributed by atoms with Crippen molar-refractivity contribution < 1.29 is 0 Å². The third-order valence-corrected chi connectivity index (χ3v) is 4.01. The topological polar surface area (TPSA) is 69.7 Å². The minimum absolute atomic E-state index is 0.516. The zero-order chi connectivity index (χ0) is 13.4. The number of fused-ring (bicyclic) bond motifs is 1. The van der Waals surface area contributed by atoms with Crippen molar-refractivity contribution in [1.82, 2.24) is 20.2 Å². The third kappa shape index (κ3) is 1.91. The molecule has 1 aliphatic heterocycles. The predicted octanol–water partition coefficient (Wildman–Crippen LogP) is 2.16. The van der Waals surface area contributed by atoms with Gasteiger partial charge in [-0.15, -0.1) is 0 Å². The number of H-pyrrole nitrogens is 1. The molecule has 3 rings (SSSR count). The van der Waals surface area contributed by atoms with Crippen LogP contribution in [-0.2, 0) is 0 Å². The molecule has 0 saturated carbocycles. The highest BCUT2D eigenvalue weighted by molar-refractivity contribution is 5.88. The van der Waals surface area contributed by atoms with Crippen molar-refractivity contribution in [2.45, 2.75) is 45.2 Å². The van der Waals surface area contributed by atoms with E-state index in [0.717, 1.165) is 23.3 Å². The van der Waals surface area contributed by atoms with Crippen LogP contribution >= 0.6 is 0 Å². The number of rotatable bonds is 3. The highest BCUT2D eigenvalue weighted by Gasteiger charge is 2.32. The largest absolute Gasteiger partial charge is 0.357 e. The Balaban J connectivity index is 2.14. The molecule has 0 aromatic carbocycles. The highest BCUT2D eigenvalue weighted by atomic mass is 15.3. The van der Waals surface area contributed by atoms with E-state index in [1.165, 1.54) is 12.8 Å². The molecule has 1 fully saturated rings. The predicted molar refractivity (Wildman–Crippen MR) is 76.5 cm³/mol. The van der Waals surface area contributed by atoms with E-state index < -0.39 is 0 Å². The smallest absolute Gasteiger partial charge is 0.226 e. The van der Waals surface area contributed by atoms with Crippen LogP contribution in [0, 0.1) is 0 Å². The van der Waals surface area contributed by atoms with Crippen LogP contribution in [0.1, 0.15) is 33.1 Å². The van der Waals surface area contributed by atoms with Crippen LogP contribution in [0.3, 0.4) is 0 Å². The first kappa shape index (κ1) is 12.2. The van der Waals surface area contributed by atoms with E-state index in [1.807, 2.05) is 13.2 Å². The fourth-order valence-corrected chi connectivity index (χ4v) is 2.98. The number of anilines is 2. The summed E-state index contributed by atoms with van der Waals surface area (Å²) in [5, 5.41) is 11.1. The number of nitrogens with zero attached hydrogens (tertiary/aromatic N) is 4. The van der Waals surface area contributed by atoms with Gasteiger partial charge >= 0.3 is 0 Å². The normalized spacial score (nSPS) is 23.2. The van der Waals surface area contributed by atoms with Crippen molar-refractivity contribution in [3.63, 3.8) is 0 Å². The van der Waals surface area contributed by atoms with E-state index in [-0.39, 0.29) is 0 Å². The lowest BCUT2D eigenvalue weighted by molar-refractivity contribution is 0.623. The number of aromatic amines is 1. The van der Waals surface area contributed by atoms with Gasteiger partial charge in [0.05, 0.1) is 11.6 Å².